The summed E-state index contributed by atoms with van der Waals surface area (Å²) in [6.07, 6.45) is 4.41. The average Bonchev–Trinajstić information content (AvgIpc) is 2.77. The smallest absolute Gasteiger partial charge is 0.246 e. The van der Waals surface area contributed by atoms with E-state index in [0.717, 1.165) is 10.9 Å². The Kier molecular flexibility index (Phi) is 5.84. The zero-order valence-electron chi connectivity index (χ0n) is 17.0. The number of pyridine rings is 1. The van der Waals surface area contributed by atoms with Gasteiger partial charge in [0.05, 0.1) is 5.52 Å². The molecule has 0 saturated carbocycles. The van der Waals surface area contributed by atoms with Gasteiger partial charge in [-0.3, -0.25) is 9.78 Å². The number of amides is 1. The second kappa shape index (κ2) is 8.56. The molecule has 0 unspecified atom stereocenters. The minimum absolute atomic E-state index is 0.171. The van der Waals surface area contributed by atoms with Crippen LogP contribution in [0.4, 0.5) is 4.39 Å². The molecule has 0 N–H and O–H groups in total. The van der Waals surface area contributed by atoms with E-state index in [4.69, 9.17) is 0 Å². The molecule has 1 aromatic heterocycles. The van der Waals surface area contributed by atoms with Gasteiger partial charge in [-0.25, -0.2) is 12.8 Å². The summed E-state index contributed by atoms with van der Waals surface area (Å²) in [5.74, 6) is -0.677. The Morgan fingerprint density at radius 2 is 1.81 bits per heavy atom. The fraction of sp³-hybridized carbons (Fsp3) is 0.217. The molecule has 1 saturated heterocycles. The third-order valence-corrected chi connectivity index (χ3v) is 7.22. The molecule has 1 fully saturated rings. The average molecular weight is 440 g/mol. The minimum atomic E-state index is -3.75. The number of rotatable bonds is 4. The molecule has 4 rings (SSSR count). The second-order valence-electron chi connectivity index (χ2n) is 7.42. The molecule has 2 aromatic carbocycles. The van der Waals surface area contributed by atoms with Crippen LogP contribution < -0.4 is 0 Å². The number of nitrogens with zero attached hydrogens (tertiary/aromatic N) is 3. The molecule has 0 atom stereocenters. The van der Waals surface area contributed by atoms with Gasteiger partial charge in [-0.15, -0.1) is 0 Å². The van der Waals surface area contributed by atoms with E-state index in [2.05, 4.69) is 4.98 Å². The second-order valence-corrected chi connectivity index (χ2v) is 9.33. The van der Waals surface area contributed by atoms with Crippen LogP contribution in [0.15, 0.2) is 65.7 Å². The van der Waals surface area contributed by atoms with Gasteiger partial charge in [-0.1, -0.05) is 30.3 Å². The van der Waals surface area contributed by atoms with Crippen LogP contribution in [-0.4, -0.2) is 54.7 Å². The molecular formula is C23H22FN3O3S. The molecule has 6 nitrogen and oxygen atoms in total. The van der Waals surface area contributed by atoms with Crippen molar-refractivity contribution in [2.75, 3.05) is 26.2 Å². The number of carbonyl (C=O) groups is 1. The van der Waals surface area contributed by atoms with Crippen LogP contribution in [-0.2, 0) is 14.8 Å². The van der Waals surface area contributed by atoms with Crippen molar-refractivity contribution in [2.24, 2.45) is 0 Å². The first-order valence-corrected chi connectivity index (χ1v) is 11.4. The van der Waals surface area contributed by atoms with Gasteiger partial charge in [0.25, 0.3) is 0 Å². The highest BCUT2D eigenvalue weighted by atomic mass is 32.2. The van der Waals surface area contributed by atoms with Crippen molar-refractivity contribution in [1.29, 1.82) is 0 Å². The zero-order chi connectivity index (χ0) is 22.0. The van der Waals surface area contributed by atoms with Gasteiger partial charge >= 0.3 is 0 Å². The first-order valence-electron chi connectivity index (χ1n) is 9.93. The maximum Gasteiger partial charge on any atom is 0.246 e. The van der Waals surface area contributed by atoms with Gasteiger partial charge in [0.2, 0.25) is 15.9 Å². The van der Waals surface area contributed by atoms with E-state index >= 15 is 0 Å². The minimum Gasteiger partial charge on any atom is -0.337 e. The Hall–Kier alpha value is -3.10. The number of hydrogen-bond donors (Lipinski definition) is 0. The van der Waals surface area contributed by atoms with Gasteiger partial charge in [0.15, 0.2) is 0 Å². The lowest BCUT2D eigenvalue weighted by Crippen LogP contribution is -2.50. The van der Waals surface area contributed by atoms with E-state index in [1.807, 2.05) is 19.1 Å². The molecule has 0 spiro atoms. The first kappa shape index (κ1) is 21.1. The summed E-state index contributed by atoms with van der Waals surface area (Å²) in [6.45, 7) is 2.80. The number of benzene rings is 2. The number of aryl methyl sites for hydroxylation is 1. The molecule has 1 amide bonds. The topological polar surface area (TPSA) is 70.6 Å². The molecule has 8 heteroatoms. The van der Waals surface area contributed by atoms with E-state index in [1.165, 1.54) is 22.5 Å². The van der Waals surface area contributed by atoms with Crippen LogP contribution in [0.2, 0.25) is 0 Å². The van der Waals surface area contributed by atoms with Gasteiger partial charge in [-0.05, 0) is 36.8 Å². The molecule has 0 bridgehead atoms. The van der Waals surface area contributed by atoms with Crippen molar-refractivity contribution < 1.29 is 17.6 Å². The molecule has 2 heterocycles. The fourth-order valence-electron chi connectivity index (χ4n) is 3.62. The van der Waals surface area contributed by atoms with E-state index in [-0.39, 0.29) is 37.0 Å². The number of carbonyl (C=O) groups excluding carboxylic acids is 1. The Morgan fingerprint density at radius 1 is 1.06 bits per heavy atom. The van der Waals surface area contributed by atoms with Crippen molar-refractivity contribution >= 4 is 32.9 Å². The summed E-state index contributed by atoms with van der Waals surface area (Å²) in [7, 11) is -3.75. The lowest BCUT2D eigenvalue weighted by molar-refractivity contribution is -0.127. The van der Waals surface area contributed by atoms with E-state index in [1.54, 1.807) is 41.4 Å². The highest BCUT2D eigenvalue weighted by Gasteiger charge is 2.31. The molecule has 0 aliphatic carbocycles. The van der Waals surface area contributed by atoms with E-state index < -0.39 is 15.8 Å². The summed E-state index contributed by atoms with van der Waals surface area (Å²) in [6, 6.07) is 13.2. The number of fused-ring (bicyclic) bond motifs is 1. The first-order chi connectivity index (χ1) is 14.9. The highest BCUT2D eigenvalue weighted by Crippen LogP contribution is 2.25. The standard InChI is InChI=1S/C23H22FN3O3S/c1-17-15-19-6-4-8-21(23(19)25-16-17)31(29,30)27-13-11-26(12-14-27)22(28)10-9-18-5-2-3-7-20(18)24/h2-10,15-16H,11-14H2,1H3/b10-9+. The van der Waals surface area contributed by atoms with Gasteiger partial charge in [0, 0.05) is 49.4 Å². The largest absolute Gasteiger partial charge is 0.337 e. The molecular weight excluding hydrogens is 417 g/mol. The molecule has 1 aliphatic heterocycles. The van der Waals surface area contributed by atoms with Crippen molar-refractivity contribution in [3.8, 4) is 0 Å². The van der Waals surface area contributed by atoms with Crippen LogP contribution in [0, 0.1) is 12.7 Å². The summed E-state index contributed by atoms with van der Waals surface area (Å²) < 4.78 is 41.6. The fourth-order valence-corrected chi connectivity index (χ4v) is 5.20. The summed E-state index contributed by atoms with van der Waals surface area (Å²) in [5, 5.41) is 0.771. The van der Waals surface area contributed by atoms with Crippen LogP contribution >= 0.6 is 0 Å². The zero-order valence-corrected chi connectivity index (χ0v) is 17.8. The molecule has 0 radical (unpaired) electrons. The lowest BCUT2D eigenvalue weighted by Gasteiger charge is -2.33. The van der Waals surface area contributed by atoms with Crippen molar-refractivity contribution in [1.82, 2.24) is 14.2 Å². The number of sulfonamides is 1. The molecule has 1 aliphatic rings. The number of piperazine rings is 1. The number of para-hydroxylation sites is 1. The number of hydrogen-bond acceptors (Lipinski definition) is 4. The van der Waals surface area contributed by atoms with Crippen molar-refractivity contribution in [3.05, 3.63) is 77.7 Å². The van der Waals surface area contributed by atoms with Gasteiger partial charge < -0.3 is 4.90 Å². The Morgan fingerprint density at radius 3 is 2.55 bits per heavy atom. The molecule has 31 heavy (non-hydrogen) atoms. The van der Waals surface area contributed by atoms with Crippen molar-refractivity contribution in [3.63, 3.8) is 0 Å². The van der Waals surface area contributed by atoms with Crippen molar-refractivity contribution in [2.45, 2.75) is 11.8 Å². The Labute approximate surface area is 180 Å². The van der Waals surface area contributed by atoms with Crippen LogP contribution in [0.5, 0.6) is 0 Å². The van der Waals surface area contributed by atoms with Crippen LogP contribution in [0.3, 0.4) is 0 Å². The maximum absolute atomic E-state index is 13.7. The quantitative estimate of drug-likeness (QED) is 0.586. The number of halogens is 1. The lowest BCUT2D eigenvalue weighted by atomic mass is 10.2. The summed E-state index contributed by atoms with van der Waals surface area (Å²) in [4.78, 5) is 18.5. The third kappa shape index (κ3) is 4.35. The van der Waals surface area contributed by atoms with Gasteiger partial charge in [0.1, 0.15) is 10.7 Å². The Bertz CT molecular complexity index is 1270. The van der Waals surface area contributed by atoms with E-state index in [0.29, 0.717) is 11.1 Å². The predicted molar refractivity (Wildman–Crippen MR) is 117 cm³/mol. The Balaban J connectivity index is 1.47. The normalized spacial score (nSPS) is 15.6. The highest BCUT2D eigenvalue weighted by molar-refractivity contribution is 7.89. The van der Waals surface area contributed by atoms with Crippen LogP contribution in [0.25, 0.3) is 17.0 Å². The molecule has 3 aromatic rings. The van der Waals surface area contributed by atoms with E-state index in [9.17, 15) is 17.6 Å². The monoisotopic (exact) mass is 439 g/mol. The molecule has 160 valence electrons. The van der Waals surface area contributed by atoms with Crippen LogP contribution in [0.1, 0.15) is 11.1 Å². The number of aromatic nitrogens is 1. The van der Waals surface area contributed by atoms with Gasteiger partial charge in [-0.2, -0.15) is 4.31 Å². The summed E-state index contributed by atoms with van der Waals surface area (Å²) >= 11 is 0. The predicted octanol–water partition coefficient (Wildman–Crippen LogP) is 3.23. The maximum atomic E-state index is 13.7. The summed E-state index contributed by atoms with van der Waals surface area (Å²) in [5.41, 5.74) is 1.73. The third-order valence-electron chi connectivity index (χ3n) is 5.29. The SMILES string of the molecule is Cc1cnc2c(S(=O)(=O)N3CCN(C(=O)/C=C/c4ccccc4F)CC3)cccc2c1.